The van der Waals surface area contributed by atoms with Crippen LogP contribution in [0.25, 0.3) is 0 Å². The zero-order valence-electron chi connectivity index (χ0n) is 14.8. The number of hydrogen-bond donors (Lipinski definition) is 1. The lowest BCUT2D eigenvalue weighted by molar-refractivity contribution is -0.384. The van der Waals surface area contributed by atoms with Gasteiger partial charge in [0.2, 0.25) is 5.91 Å². The molecule has 0 heterocycles. The van der Waals surface area contributed by atoms with E-state index in [-0.39, 0.29) is 23.8 Å². The van der Waals surface area contributed by atoms with Crippen LogP contribution in [0.2, 0.25) is 0 Å². The Hall–Kier alpha value is -3.29. The quantitative estimate of drug-likeness (QED) is 0.573. The van der Waals surface area contributed by atoms with E-state index >= 15 is 0 Å². The highest BCUT2D eigenvalue weighted by atomic mass is 16.6. The molecule has 0 radical (unpaired) electrons. The zero-order valence-corrected chi connectivity index (χ0v) is 14.8. The largest absolute Gasteiger partial charge is 0.494 e. The summed E-state index contributed by atoms with van der Waals surface area (Å²) in [6.45, 7) is 0. The van der Waals surface area contributed by atoms with E-state index in [2.05, 4.69) is 5.32 Å². The third kappa shape index (κ3) is 4.62. The minimum Gasteiger partial charge on any atom is -0.494 e. The van der Waals surface area contributed by atoms with Crippen LogP contribution >= 0.6 is 0 Å². The number of nitrogens with one attached hydrogen (secondary N) is 1. The Labute approximate surface area is 150 Å². The molecule has 2 aromatic carbocycles. The Morgan fingerprint density at radius 2 is 1.69 bits per heavy atom. The minimum absolute atomic E-state index is 0.106. The summed E-state index contributed by atoms with van der Waals surface area (Å²) < 4.78 is 15.5. The maximum Gasteiger partial charge on any atom is 0.273 e. The fraction of sp³-hybridized carbons (Fsp3) is 0.278. The number of benzene rings is 2. The van der Waals surface area contributed by atoms with E-state index < -0.39 is 4.92 Å². The normalized spacial score (nSPS) is 10.1. The van der Waals surface area contributed by atoms with Crippen LogP contribution in [-0.4, -0.2) is 32.2 Å². The number of rotatable bonds is 8. The summed E-state index contributed by atoms with van der Waals surface area (Å²) in [7, 11) is 4.50. The molecule has 0 fully saturated rings. The van der Waals surface area contributed by atoms with Crippen LogP contribution < -0.4 is 19.5 Å². The van der Waals surface area contributed by atoms with Crippen molar-refractivity contribution in [2.45, 2.75) is 12.8 Å². The van der Waals surface area contributed by atoms with Crippen LogP contribution in [0, 0.1) is 10.1 Å². The molecule has 0 atom stereocenters. The lowest BCUT2D eigenvalue weighted by atomic mass is 10.1. The SMILES string of the molecule is COc1cc([N+](=O)[O-])ccc1NC(=O)CCc1ccc(OC)c(OC)c1. The van der Waals surface area contributed by atoms with Crippen molar-refractivity contribution in [1.82, 2.24) is 0 Å². The maximum absolute atomic E-state index is 12.2. The van der Waals surface area contributed by atoms with Gasteiger partial charge < -0.3 is 19.5 Å². The van der Waals surface area contributed by atoms with Gasteiger partial charge in [0, 0.05) is 12.5 Å². The molecule has 2 aromatic rings. The number of non-ortho nitro benzene ring substituents is 1. The summed E-state index contributed by atoms with van der Waals surface area (Å²) in [4.78, 5) is 22.5. The average molecular weight is 360 g/mol. The molecule has 0 aromatic heterocycles. The Balaban J connectivity index is 2.02. The molecule has 1 amide bonds. The first-order valence-electron chi connectivity index (χ1n) is 7.81. The number of nitro groups is 1. The van der Waals surface area contributed by atoms with Gasteiger partial charge in [0.15, 0.2) is 11.5 Å². The highest BCUT2D eigenvalue weighted by molar-refractivity contribution is 5.92. The number of hydrogen-bond acceptors (Lipinski definition) is 6. The lowest BCUT2D eigenvalue weighted by Crippen LogP contribution is -2.13. The molecule has 0 spiro atoms. The van der Waals surface area contributed by atoms with Gasteiger partial charge in [-0.3, -0.25) is 14.9 Å². The molecule has 1 N–H and O–H groups in total. The number of methoxy groups -OCH3 is 3. The van der Waals surface area contributed by atoms with Crippen molar-refractivity contribution in [2.24, 2.45) is 0 Å². The van der Waals surface area contributed by atoms with E-state index in [4.69, 9.17) is 14.2 Å². The van der Waals surface area contributed by atoms with Gasteiger partial charge in [-0.15, -0.1) is 0 Å². The van der Waals surface area contributed by atoms with Crippen LogP contribution in [0.1, 0.15) is 12.0 Å². The Kier molecular flexibility index (Phi) is 6.37. The number of anilines is 1. The number of carbonyl (C=O) groups is 1. The second kappa shape index (κ2) is 8.70. The van der Waals surface area contributed by atoms with Crippen molar-refractivity contribution in [1.29, 1.82) is 0 Å². The Morgan fingerprint density at radius 3 is 2.31 bits per heavy atom. The van der Waals surface area contributed by atoms with Crippen molar-refractivity contribution in [3.63, 3.8) is 0 Å². The summed E-state index contributed by atoms with van der Waals surface area (Å²) in [5, 5.41) is 13.5. The topological polar surface area (TPSA) is 99.9 Å². The van der Waals surface area contributed by atoms with E-state index in [0.717, 1.165) is 5.56 Å². The van der Waals surface area contributed by atoms with Crippen LogP contribution in [0.4, 0.5) is 11.4 Å². The summed E-state index contributed by atoms with van der Waals surface area (Å²) in [5.41, 5.74) is 1.20. The van der Waals surface area contributed by atoms with Crippen LogP contribution in [0.5, 0.6) is 17.2 Å². The Bertz CT molecular complexity index is 806. The molecule has 0 aliphatic heterocycles. The molecule has 26 heavy (non-hydrogen) atoms. The van der Waals surface area contributed by atoms with Gasteiger partial charge >= 0.3 is 0 Å². The molecular weight excluding hydrogens is 340 g/mol. The number of amides is 1. The van der Waals surface area contributed by atoms with Crippen LogP contribution in [0.3, 0.4) is 0 Å². The Morgan fingerprint density at radius 1 is 1.00 bits per heavy atom. The molecule has 0 unspecified atom stereocenters. The first-order valence-corrected chi connectivity index (χ1v) is 7.81. The zero-order chi connectivity index (χ0) is 19.1. The fourth-order valence-corrected chi connectivity index (χ4v) is 2.40. The van der Waals surface area contributed by atoms with Gasteiger partial charge in [0.25, 0.3) is 5.69 Å². The van der Waals surface area contributed by atoms with E-state index in [1.54, 1.807) is 20.3 Å². The smallest absolute Gasteiger partial charge is 0.273 e. The molecule has 0 saturated heterocycles. The minimum atomic E-state index is -0.523. The number of ether oxygens (including phenoxy) is 3. The van der Waals surface area contributed by atoms with E-state index in [1.165, 1.54) is 25.3 Å². The van der Waals surface area contributed by atoms with Crippen LogP contribution in [0.15, 0.2) is 36.4 Å². The first kappa shape index (κ1) is 19.0. The summed E-state index contributed by atoms with van der Waals surface area (Å²) in [5.74, 6) is 1.23. The summed E-state index contributed by atoms with van der Waals surface area (Å²) in [6.07, 6.45) is 0.733. The van der Waals surface area contributed by atoms with Crippen molar-refractivity contribution >= 4 is 17.3 Å². The fourth-order valence-electron chi connectivity index (χ4n) is 2.40. The molecular formula is C18H20N2O6. The van der Waals surface area contributed by atoms with E-state index in [1.807, 2.05) is 12.1 Å². The molecule has 0 aliphatic carbocycles. The van der Waals surface area contributed by atoms with Crippen molar-refractivity contribution in [2.75, 3.05) is 26.6 Å². The van der Waals surface area contributed by atoms with Gasteiger partial charge in [0.1, 0.15) is 5.75 Å². The number of carbonyl (C=O) groups excluding carboxylic acids is 1. The lowest BCUT2D eigenvalue weighted by Gasteiger charge is -2.11. The second-order valence-electron chi connectivity index (χ2n) is 5.38. The monoisotopic (exact) mass is 360 g/mol. The van der Waals surface area contributed by atoms with Crippen molar-refractivity contribution in [3.8, 4) is 17.2 Å². The third-order valence-corrected chi connectivity index (χ3v) is 3.76. The molecule has 138 valence electrons. The maximum atomic E-state index is 12.2. The highest BCUT2D eigenvalue weighted by Gasteiger charge is 2.14. The summed E-state index contributed by atoms with van der Waals surface area (Å²) >= 11 is 0. The molecule has 0 saturated carbocycles. The predicted molar refractivity (Wildman–Crippen MR) is 96.1 cm³/mol. The second-order valence-corrected chi connectivity index (χ2v) is 5.38. The van der Waals surface area contributed by atoms with Crippen molar-refractivity contribution < 1.29 is 23.9 Å². The third-order valence-electron chi connectivity index (χ3n) is 3.76. The first-order chi connectivity index (χ1) is 12.5. The highest BCUT2D eigenvalue weighted by Crippen LogP contribution is 2.30. The average Bonchev–Trinajstić information content (AvgIpc) is 2.66. The number of nitrogens with zero attached hydrogens (tertiary/aromatic N) is 1. The van der Waals surface area contributed by atoms with Gasteiger partial charge in [-0.1, -0.05) is 6.07 Å². The van der Waals surface area contributed by atoms with Gasteiger partial charge in [-0.2, -0.15) is 0 Å². The number of aryl methyl sites for hydroxylation is 1. The predicted octanol–water partition coefficient (Wildman–Crippen LogP) is 3.19. The molecule has 0 aliphatic rings. The van der Waals surface area contributed by atoms with E-state index in [0.29, 0.717) is 23.6 Å². The van der Waals surface area contributed by atoms with Crippen molar-refractivity contribution in [3.05, 3.63) is 52.1 Å². The molecule has 0 bridgehead atoms. The van der Waals surface area contributed by atoms with Gasteiger partial charge in [-0.25, -0.2) is 0 Å². The molecule has 2 rings (SSSR count). The molecule has 8 nitrogen and oxygen atoms in total. The number of nitro benzene ring substituents is 1. The molecule has 8 heteroatoms. The standard InChI is InChI=1S/C18H20N2O6/c1-24-15-8-4-12(10-17(15)26-3)5-9-18(21)19-14-7-6-13(20(22)23)11-16(14)25-2/h4,6-8,10-11H,5,9H2,1-3H3,(H,19,21). The van der Waals surface area contributed by atoms with Gasteiger partial charge in [0.05, 0.1) is 38.0 Å². The van der Waals surface area contributed by atoms with Gasteiger partial charge in [-0.05, 0) is 30.2 Å². The van der Waals surface area contributed by atoms with Crippen LogP contribution in [-0.2, 0) is 11.2 Å². The summed E-state index contributed by atoms with van der Waals surface area (Å²) in [6, 6.07) is 9.49. The van der Waals surface area contributed by atoms with E-state index in [9.17, 15) is 14.9 Å².